The Balaban J connectivity index is 1.47. The summed E-state index contributed by atoms with van der Waals surface area (Å²) >= 11 is 6.25. The molecule has 2 heterocycles. The van der Waals surface area contributed by atoms with Crippen LogP contribution in [0.3, 0.4) is 0 Å². The number of carbonyl (C=O) groups excluding carboxylic acids is 2. The molecule has 0 saturated carbocycles. The van der Waals surface area contributed by atoms with Crippen LogP contribution in [-0.2, 0) is 14.3 Å². The topological polar surface area (TPSA) is 80.4 Å². The number of nitrogens with one attached hydrogen (secondary N) is 1. The van der Waals surface area contributed by atoms with Crippen molar-refractivity contribution in [1.82, 2.24) is 10.2 Å². The molecule has 2 fully saturated rings. The van der Waals surface area contributed by atoms with Gasteiger partial charge < -0.3 is 24.4 Å². The van der Waals surface area contributed by atoms with Gasteiger partial charge in [-0.15, -0.1) is 11.6 Å². The van der Waals surface area contributed by atoms with Gasteiger partial charge in [-0.2, -0.15) is 0 Å². The molecular weight excluding hydrogens is 444 g/mol. The Morgan fingerprint density at radius 2 is 2.12 bits per heavy atom. The van der Waals surface area contributed by atoms with Gasteiger partial charge in [0.05, 0.1) is 19.3 Å². The Labute approximate surface area is 199 Å². The molecule has 7 nitrogen and oxygen atoms in total. The van der Waals surface area contributed by atoms with Crippen LogP contribution in [0.2, 0.25) is 0 Å². The molecule has 8 heteroatoms. The Kier molecular flexibility index (Phi) is 7.12. The maximum atomic E-state index is 13.2. The van der Waals surface area contributed by atoms with Gasteiger partial charge in [-0.25, -0.2) is 4.79 Å². The number of hydrogen-bond donors (Lipinski definition) is 1. The fourth-order valence-electron chi connectivity index (χ4n) is 4.32. The van der Waals surface area contributed by atoms with Crippen molar-refractivity contribution in [2.45, 2.75) is 43.8 Å². The maximum absolute atomic E-state index is 13.2. The van der Waals surface area contributed by atoms with Crippen LogP contribution in [0.25, 0.3) is 10.8 Å². The molecule has 4 rings (SSSR count). The Morgan fingerprint density at radius 3 is 2.82 bits per heavy atom. The van der Waals surface area contributed by atoms with Crippen molar-refractivity contribution in [2.75, 3.05) is 39.9 Å². The van der Waals surface area contributed by atoms with Gasteiger partial charge in [-0.3, -0.25) is 4.79 Å². The quantitative estimate of drug-likeness (QED) is 0.359. The van der Waals surface area contributed by atoms with Crippen LogP contribution in [0.15, 0.2) is 30.3 Å². The number of aryl methyl sites for hydroxylation is 1. The van der Waals surface area contributed by atoms with Gasteiger partial charge in [0, 0.05) is 25.0 Å². The summed E-state index contributed by atoms with van der Waals surface area (Å²) < 4.78 is 16.6. The summed E-state index contributed by atoms with van der Waals surface area (Å²) in [5, 5.41) is 4.72. The number of carbonyl (C=O) groups is 2. The van der Waals surface area contributed by atoms with Crippen molar-refractivity contribution in [1.29, 1.82) is 0 Å². The van der Waals surface area contributed by atoms with Crippen molar-refractivity contribution in [3.63, 3.8) is 0 Å². The molecule has 1 N–H and O–H groups in total. The molecule has 2 unspecified atom stereocenters. The van der Waals surface area contributed by atoms with Gasteiger partial charge in [0.15, 0.2) is 0 Å². The highest BCUT2D eigenvalue weighted by atomic mass is 35.5. The molecule has 0 aromatic heterocycles. The second-order valence-corrected chi connectivity index (χ2v) is 9.68. The first-order chi connectivity index (χ1) is 15.8. The van der Waals surface area contributed by atoms with E-state index >= 15 is 0 Å². The van der Waals surface area contributed by atoms with Crippen molar-refractivity contribution >= 4 is 34.2 Å². The molecule has 0 aliphatic carbocycles. The normalized spacial score (nSPS) is 23.7. The van der Waals surface area contributed by atoms with Crippen LogP contribution in [0.1, 0.15) is 35.7 Å². The number of alkyl halides is 1. The predicted molar refractivity (Wildman–Crippen MR) is 127 cm³/mol. The van der Waals surface area contributed by atoms with E-state index in [1.54, 1.807) is 20.1 Å². The van der Waals surface area contributed by atoms with Gasteiger partial charge in [0.2, 0.25) is 6.10 Å². The number of esters is 1. The summed E-state index contributed by atoms with van der Waals surface area (Å²) in [7, 11) is 1.55. The number of fused-ring (bicyclic) bond motifs is 1. The van der Waals surface area contributed by atoms with Crippen molar-refractivity contribution in [2.24, 2.45) is 0 Å². The van der Waals surface area contributed by atoms with E-state index in [4.69, 9.17) is 25.8 Å². The van der Waals surface area contributed by atoms with Gasteiger partial charge in [-0.05, 0) is 61.7 Å². The average Bonchev–Trinajstić information content (AvgIpc) is 3.55. The number of hydrogen-bond acceptors (Lipinski definition) is 6. The van der Waals surface area contributed by atoms with Gasteiger partial charge >= 0.3 is 5.97 Å². The molecule has 3 atom stereocenters. The molecule has 2 aliphatic heterocycles. The molecule has 0 radical (unpaired) electrons. The van der Waals surface area contributed by atoms with Crippen LogP contribution in [0, 0.1) is 6.92 Å². The minimum atomic E-state index is -1.04. The monoisotopic (exact) mass is 474 g/mol. The summed E-state index contributed by atoms with van der Waals surface area (Å²) in [5.74, 6) is -0.383. The van der Waals surface area contributed by atoms with Crippen molar-refractivity contribution in [3.8, 4) is 5.75 Å². The Hall–Kier alpha value is -2.35. The number of amides is 1. The summed E-state index contributed by atoms with van der Waals surface area (Å²) in [6, 6.07) is 9.27. The lowest BCUT2D eigenvalue weighted by Gasteiger charge is -2.30. The summed E-state index contributed by atoms with van der Waals surface area (Å²) in [6.45, 7) is 7.05. The molecule has 178 valence electrons. The molecule has 2 aromatic rings. The van der Waals surface area contributed by atoms with E-state index in [2.05, 4.69) is 10.2 Å². The van der Waals surface area contributed by atoms with E-state index in [1.165, 1.54) is 0 Å². The highest BCUT2D eigenvalue weighted by Gasteiger charge is 2.53. The highest BCUT2D eigenvalue weighted by molar-refractivity contribution is 6.20. The number of halogens is 1. The number of ether oxygens (including phenoxy) is 3. The zero-order chi connectivity index (χ0) is 23.6. The summed E-state index contributed by atoms with van der Waals surface area (Å²) in [4.78, 5) is 28.5. The van der Waals surface area contributed by atoms with E-state index in [0.29, 0.717) is 31.0 Å². The van der Waals surface area contributed by atoms with E-state index < -0.39 is 17.7 Å². The molecule has 2 aromatic carbocycles. The first-order valence-corrected chi connectivity index (χ1v) is 11.8. The Bertz CT molecular complexity index is 1040. The fraction of sp³-hybridized carbons (Fsp3) is 0.520. The first-order valence-electron chi connectivity index (χ1n) is 11.4. The van der Waals surface area contributed by atoms with Crippen LogP contribution in [-0.4, -0.2) is 73.8 Å². The minimum Gasteiger partial charge on any atom is -0.497 e. The second kappa shape index (κ2) is 9.87. The van der Waals surface area contributed by atoms with Crippen molar-refractivity contribution < 1.29 is 23.8 Å². The van der Waals surface area contributed by atoms with Crippen LogP contribution < -0.4 is 10.1 Å². The van der Waals surface area contributed by atoms with Gasteiger partial charge in [0.25, 0.3) is 5.91 Å². The lowest BCUT2D eigenvalue weighted by molar-refractivity contribution is -0.133. The summed E-state index contributed by atoms with van der Waals surface area (Å²) in [6.07, 6.45) is 1.04. The lowest BCUT2D eigenvalue weighted by Crippen LogP contribution is -2.48. The van der Waals surface area contributed by atoms with Gasteiger partial charge in [0.1, 0.15) is 11.4 Å². The minimum absolute atomic E-state index is 0.156. The summed E-state index contributed by atoms with van der Waals surface area (Å²) in [5.41, 5.74) is 0.553. The smallest absolute Gasteiger partial charge is 0.339 e. The highest BCUT2D eigenvalue weighted by Crippen LogP contribution is 2.34. The number of benzene rings is 2. The van der Waals surface area contributed by atoms with Gasteiger partial charge in [-0.1, -0.05) is 18.2 Å². The molecule has 2 saturated heterocycles. The molecule has 0 bridgehead atoms. The van der Waals surface area contributed by atoms with Crippen LogP contribution in [0.5, 0.6) is 5.75 Å². The fourth-order valence-corrected chi connectivity index (χ4v) is 4.67. The number of nitrogens with zero attached hydrogens (tertiary/aromatic N) is 1. The maximum Gasteiger partial charge on any atom is 0.339 e. The van der Waals surface area contributed by atoms with E-state index in [0.717, 1.165) is 42.3 Å². The third-order valence-corrected chi connectivity index (χ3v) is 6.79. The zero-order valence-corrected chi connectivity index (χ0v) is 20.1. The largest absolute Gasteiger partial charge is 0.497 e. The molecule has 0 spiro atoms. The number of piperidine rings is 1. The van der Waals surface area contributed by atoms with E-state index in [-0.39, 0.29) is 11.3 Å². The third kappa shape index (κ3) is 5.42. The first kappa shape index (κ1) is 23.8. The zero-order valence-electron chi connectivity index (χ0n) is 19.4. The van der Waals surface area contributed by atoms with Crippen LogP contribution >= 0.6 is 11.6 Å². The number of epoxide rings is 1. The van der Waals surface area contributed by atoms with Crippen LogP contribution in [0.4, 0.5) is 0 Å². The van der Waals surface area contributed by atoms with E-state index in [9.17, 15) is 9.59 Å². The predicted octanol–water partition coefficient (Wildman–Crippen LogP) is 3.29. The number of methoxy groups -OCH3 is 1. The molecule has 2 aliphatic rings. The lowest BCUT2D eigenvalue weighted by atomic mass is 10.00. The second-order valence-electron chi connectivity index (χ2n) is 9.06. The standard InChI is InChI=1S/C25H31ClN2O5/c1-16-6-4-8-19-20(16)12-18(31-3)13-21(19)24(30)33-22(25(2)15-32-25)23(29)27-9-11-28-10-5-7-17(26)14-28/h4,6,8,12-13,17,22H,5,7,9-11,14-15H2,1-3H3,(H,27,29)/t17?,22-,25?/m1/s1. The van der Waals surface area contributed by atoms with Crippen molar-refractivity contribution in [3.05, 3.63) is 41.5 Å². The number of rotatable bonds is 8. The van der Waals surface area contributed by atoms with E-state index in [1.807, 2.05) is 31.2 Å². The Morgan fingerprint density at radius 1 is 1.33 bits per heavy atom. The average molecular weight is 475 g/mol. The molecule has 1 amide bonds. The SMILES string of the molecule is COc1cc(C(=O)O[C@H](C(=O)NCCN2CCCC(Cl)C2)C2(C)CO2)c2cccc(C)c2c1. The molecular formula is C25H31ClN2O5. The number of likely N-dealkylation sites (tertiary alicyclic amines) is 1. The third-order valence-electron chi connectivity index (χ3n) is 6.44. The molecule has 33 heavy (non-hydrogen) atoms.